The van der Waals surface area contributed by atoms with Gasteiger partial charge in [-0.15, -0.1) is 10.2 Å². The minimum Gasteiger partial charge on any atom is -0.506 e. The summed E-state index contributed by atoms with van der Waals surface area (Å²) < 4.78 is 68.3. The van der Waals surface area contributed by atoms with Crippen molar-refractivity contribution in [3.05, 3.63) is 97.1 Å². The summed E-state index contributed by atoms with van der Waals surface area (Å²) in [6.45, 7) is 0. The van der Waals surface area contributed by atoms with Gasteiger partial charge in [-0.1, -0.05) is 18.2 Å². The lowest BCUT2D eigenvalue weighted by atomic mass is 10.1. The number of phenolic OH excluding ortho intramolecular Hbond substituents is 1. The van der Waals surface area contributed by atoms with E-state index in [1.54, 1.807) is 42.5 Å². The Kier molecular flexibility index (Phi) is 8.23. The lowest BCUT2D eigenvalue weighted by Gasteiger charge is -2.09. The minimum atomic E-state index is -4.84. The van der Waals surface area contributed by atoms with Gasteiger partial charge in [0.1, 0.15) is 26.9 Å². The van der Waals surface area contributed by atoms with Gasteiger partial charge in [0.05, 0.1) is 28.4 Å². The van der Waals surface area contributed by atoms with Crippen molar-refractivity contribution >= 4 is 70.8 Å². The summed E-state index contributed by atoms with van der Waals surface area (Å²) in [6.07, 6.45) is 0. The van der Waals surface area contributed by atoms with Crippen LogP contribution >= 0.6 is 0 Å². The zero-order chi connectivity index (χ0) is 31.5. The van der Waals surface area contributed by atoms with Crippen LogP contribution in [0.15, 0.2) is 138 Å². The van der Waals surface area contributed by atoms with Crippen LogP contribution in [0.2, 0.25) is 0 Å². The summed E-state index contributed by atoms with van der Waals surface area (Å²) in [5.41, 5.74) is 6.94. The molecule has 0 radical (unpaired) electrons. The molecule has 222 valence electrons. The van der Waals surface area contributed by atoms with Crippen LogP contribution in [0.5, 0.6) is 5.75 Å². The molecule has 0 bridgehead atoms. The average Bonchev–Trinajstić information content (AvgIpc) is 2.98. The molecule has 14 nitrogen and oxygen atoms in total. The molecule has 5 aromatic carbocycles. The van der Waals surface area contributed by atoms with Crippen molar-refractivity contribution in [3.8, 4) is 5.75 Å². The highest BCUT2D eigenvalue weighted by Gasteiger charge is 2.21. The van der Waals surface area contributed by atoms with Gasteiger partial charge in [0.25, 0.3) is 20.2 Å². The normalized spacial score (nSPS) is 12.6. The molecule has 0 aliphatic rings. The van der Waals surface area contributed by atoms with E-state index in [-0.39, 0.29) is 33.6 Å². The maximum absolute atomic E-state index is 12.2. The zero-order valence-electron chi connectivity index (χ0n) is 22.3. The Bertz CT molecular complexity index is 2190. The van der Waals surface area contributed by atoms with Gasteiger partial charge in [-0.25, -0.2) is 0 Å². The van der Waals surface area contributed by atoms with Crippen LogP contribution in [-0.2, 0) is 20.2 Å². The second-order valence-corrected chi connectivity index (χ2v) is 11.9. The van der Waals surface area contributed by atoms with Crippen LogP contribution in [0.1, 0.15) is 0 Å². The molecule has 0 saturated carbocycles. The molecular formula is C28H21N7O7S2. The van der Waals surface area contributed by atoms with Gasteiger partial charge < -0.3 is 10.8 Å². The molecule has 0 saturated heterocycles. The summed E-state index contributed by atoms with van der Waals surface area (Å²) >= 11 is 0. The molecule has 0 atom stereocenters. The largest absolute Gasteiger partial charge is 0.506 e. The summed E-state index contributed by atoms with van der Waals surface area (Å²) in [5, 5.41) is 34.0. The van der Waals surface area contributed by atoms with Crippen molar-refractivity contribution in [2.75, 3.05) is 5.73 Å². The first-order valence-corrected chi connectivity index (χ1v) is 15.3. The Morgan fingerprint density at radius 2 is 0.909 bits per heavy atom. The van der Waals surface area contributed by atoms with Crippen molar-refractivity contribution < 1.29 is 31.0 Å². The van der Waals surface area contributed by atoms with Gasteiger partial charge in [0.2, 0.25) is 0 Å². The SMILES string of the molecule is Nc1cc(N=Nc2ccc(N=Nc3cc4cc(N=Nc5ccccc5)c(S(=O)(=O)O)cc4cc3S(=O)(=O)O)cc2)ccc1O. The van der Waals surface area contributed by atoms with Crippen LogP contribution in [-0.4, -0.2) is 31.0 Å². The van der Waals surface area contributed by atoms with E-state index in [0.717, 1.165) is 12.1 Å². The fourth-order valence-electron chi connectivity index (χ4n) is 3.88. The number of anilines is 1. The molecule has 44 heavy (non-hydrogen) atoms. The molecule has 0 heterocycles. The first-order valence-electron chi connectivity index (χ1n) is 12.4. The lowest BCUT2D eigenvalue weighted by molar-refractivity contribution is 0.477. The summed E-state index contributed by atoms with van der Waals surface area (Å²) in [5.74, 6) is -0.0703. The molecular weight excluding hydrogens is 610 g/mol. The number of hydrogen-bond acceptors (Lipinski definition) is 12. The third kappa shape index (κ3) is 7.13. The molecule has 0 spiro atoms. The Balaban J connectivity index is 1.50. The molecule has 0 aromatic heterocycles. The Labute approximate surface area is 250 Å². The van der Waals surface area contributed by atoms with Crippen molar-refractivity contribution in [3.63, 3.8) is 0 Å². The fraction of sp³-hybridized carbons (Fsp3) is 0. The third-order valence-electron chi connectivity index (χ3n) is 6.00. The molecule has 0 aliphatic carbocycles. The predicted molar refractivity (Wildman–Crippen MR) is 162 cm³/mol. The number of nitrogens with zero attached hydrogens (tertiary/aromatic N) is 6. The number of phenols is 1. The van der Waals surface area contributed by atoms with Crippen molar-refractivity contribution in [1.82, 2.24) is 0 Å². The zero-order valence-corrected chi connectivity index (χ0v) is 23.9. The van der Waals surface area contributed by atoms with Crippen LogP contribution in [0.25, 0.3) is 10.8 Å². The molecule has 0 amide bonds. The summed E-state index contributed by atoms with van der Waals surface area (Å²) in [6, 6.07) is 23.6. The van der Waals surface area contributed by atoms with Gasteiger partial charge in [-0.2, -0.15) is 37.3 Å². The van der Waals surface area contributed by atoms with Crippen LogP contribution < -0.4 is 5.73 Å². The highest BCUT2D eigenvalue weighted by molar-refractivity contribution is 7.86. The highest BCUT2D eigenvalue weighted by Crippen LogP contribution is 2.37. The van der Waals surface area contributed by atoms with Crippen molar-refractivity contribution in [1.29, 1.82) is 0 Å². The summed E-state index contributed by atoms with van der Waals surface area (Å²) in [7, 11) is -9.64. The fourth-order valence-corrected chi connectivity index (χ4v) is 5.16. The van der Waals surface area contributed by atoms with E-state index in [1.165, 1.54) is 42.5 Å². The molecule has 5 rings (SSSR count). The topological polar surface area (TPSA) is 229 Å². The predicted octanol–water partition coefficient (Wildman–Crippen LogP) is 7.87. The minimum absolute atomic E-state index is 0.0490. The number of nitrogen functional groups attached to an aromatic ring is 1. The van der Waals surface area contributed by atoms with E-state index >= 15 is 0 Å². The average molecular weight is 632 g/mol. The number of rotatable bonds is 8. The quantitative estimate of drug-likeness (QED) is 0.0568. The van der Waals surface area contributed by atoms with E-state index in [1.807, 2.05) is 0 Å². The van der Waals surface area contributed by atoms with Crippen molar-refractivity contribution in [2.24, 2.45) is 30.7 Å². The molecule has 5 aromatic rings. The number of benzene rings is 5. The maximum Gasteiger partial charge on any atom is 0.296 e. The highest BCUT2D eigenvalue weighted by atomic mass is 32.2. The van der Waals surface area contributed by atoms with E-state index in [2.05, 4.69) is 30.7 Å². The Hall–Kier alpha value is -5.42. The Morgan fingerprint density at radius 3 is 1.39 bits per heavy atom. The summed E-state index contributed by atoms with van der Waals surface area (Å²) in [4.78, 5) is -1.27. The smallest absolute Gasteiger partial charge is 0.296 e. The number of fused-ring (bicyclic) bond motifs is 1. The second-order valence-electron chi connectivity index (χ2n) is 9.13. The van der Waals surface area contributed by atoms with Crippen LogP contribution in [0.4, 0.5) is 39.8 Å². The molecule has 5 N–H and O–H groups in total. The van der Waals surface area contributed by atoms with E-state index < -0.39 is 30.0 Å². The van der Waals surface area contributed by atoms with Gasteiger partial charge in [0, 0.05) is 0 Å². The Morgan fingerprint density at radius 1 is 0.500 bits per heavy atom. The van der Waals surface area contributed by atoms with E-state index in [0.29, 0.717) is 22.7 Å². The molecule has 0 unspecified atom stereocenters. The van der Waals surface area contributed by atoms with Crippen LogP contribution in [0, 0.1) is 0 Å². The van der Waals surface area contributed by atoms with E-state index in [4.69, 9.17) is 5.73 Å². The third-order valence-corrected chi connectivity index (χ3v) is 7.76. The van der Waals surface area contributed by atoms with Crippen molar-refractivity contribution in [2.45, 2.75) is 9.79 Å². The first kappa shape index (κ1) is 30.1. The van der Waals surface area contributed by atoms with Gasteiger partial charge in [-0.05, 0) is 89.6 Å². The second kappa shape index (κ2) is 12.1. The molecule has 16 heteroatoms. The number of hydrogen-bond donors (Lipinski definition) is 4. The molecule has 0 fully saturated rings. The number of azo groups is 3. The van der Waals surface area contributed by atoms with Gasteiger partial charge in [0.15, 0.2) is 0 Å². The van der Waals surface area contributed by atoms with Gasteiger partial charge >= 0.3 is 0 Å². The molecule has 0 aliphatic heterocycles. The first-order chi connectivity index (χ1) is 20.9. The number of aromatic hydroxyl groups is 1. The van der Waals surface area contributed by atoms with Gasteiger partial charge in [-0.3, -0.25) is 9.11 Å². The monoisotopic (exact) mass is 631 g/mol. The standard InChI is InChI=1S/C28H21N7O7S2/c29-23-16-22(10-11-26(23)36)33-30-20-6-8-21(9-7-20)32-35-25-13-17-12-24(34-31-19-4-2-1-3-5-19)27(43(37,38)39)14-18(17)15-28(25)44(40,41)42/h1-16,36H,29H2,(H,37,38,39)(H,40,41,42). The van der Waals surface area contributed by atoms with E-state index in [9.17, 15) is 31.0 Å². The lowest BCUT2D eigenvalue weighted by Crippen LogP contribution is -2.01. The number of nitrogens with two attached hydrogens (primary N) is 1. The van der Waals surface area contributed by atoms with Crippen LogP contribution in [0.3, 0.4) is 0 Å². The maximum atomic E-state index is 12.2.